The molecule has 0 saturated heterocycles. The van der Waals surface area contributed by atoms with Crippen LogP contribution in [0.1, 0.15) is 20.8 Å². The summed E-state index contributed by atoms with van der Waals surface area (Å²) in [5, 5.41) is 6.82. The summed E-state index contributed by atoms with van der Waals surface area (Å²) < 4.78 is 17.5. The van der Waals surface area contributed by atoms with Crippen molar-refractivity contribution in [2.24, 2.45) is 5.10 Å². The first-order valence-corrected chi connectivity index (χ1v) is 10.8. The fraction of sp³-hybridized carbons (Fsp3) is 0.429. The third-order valence-corrected chi connectivity index (χ3v) is 8.63. The maximum atomic E-state index is 12.6. The molecule has 4 N–H and O–H groups in total. The smallest absolute Gasteiger partial charge is 0.413 e. The topological polar surface area (TPSA) is 106 Å². The minimum Gasteiger partial charge on any atom is -0.450 e. The predicted molar refractivity (Wildman–Crippen MR) is 98.3 cm³/mol. The molecular formula is C14H23N4O3PS. The number of para-hydroxylation sites is 2. The van der Waals surface area contributed by atoms with Crippen molar-refractivity contribution in [2.45, 2.75) is 20.8 Å². The number of amidine groups is 1. The number of anilines is 2. The first-order valence-electron chi connectivity index (χ1n) is 7.33. The van der Waals surface area contributed by atoms with Gasteiger partial charge in [0.05, 0.1) is 18.0 Å². The highest BCUT2D eigenvalue weighted by Crippen LogP contribution is 2.58. The molecule has 0 aromatic heterocycles. The minimum atomic E-state index is -2.50. The standard InChI is InChI=1S/C14H23N4O3PS/c1-4-21-14(19)16-13(23-22(20,5-2)6-3)18-17-12-10-8-7-9-11(12)15/h7-10,17H,4-6,15H2,1-3H3,(H,16,18,19). The molecular weight excluding hydrogens is 335 g/mol. The number of amides is 1. The highest BCUT2D eigenvalue weighted by molar-refractivity contribution is 8.65. The van der Waals surface area contributed by atoms with Crippen molar-refractivity contribution in [2.75, 3.05) is 30.1 Å². The zero-order valence-electron chi connectivity index (χ0n) is 13.5. The Labute approximate surface area is 140 Å². The van der Waals surface area contributed by atoms with E-state index in [2.05, 4.69) is 15.8 Å². The predicted octanol–water partition coefficient (Wildman–Crippen LogP) is 3.75. The van der Waals surface area contributed by atoms with E-state index < -0.39 is 12.4 Å². The molecule has 1 aromatic carbocycles. The van der Waals surface area contributed by atoms with E-state index in [0.717, 1.165) is 11.4 Å². The van der Waals surface area contributed by atoms with Gasteiger partial charge in [-0.05, 0) is 30.4 Å². The van der Waals surface area contributed by atoms with Crippen LogP contribution in [-0.2, 0) is 9.30 Å². The van der Waals surface area contributed by atoms with Gasteiger partial charge in [-0.2, -0.15) is 0 Å². The van der Waals surface area contributed by atoms with E-state index in [1.165, 1.54) is 0 Å². The molecule has 0 aliphatic heterocycles. The normalized spacial score (nSPS) is 11.9. The Kier molecular flexibility index (Phi) is 7.98. The molecule has 0 bridgehead atoms. The number of nitrogens with two attached hydrogens (primary N) is 1. The number of nitrogen functional groups attached to an aromatic ring is 1. The Bertz CT molecular complexity index is 601. The molecule has 23 heavy (non-hydrogen) atoms. The Morgan fingerprint density at radius 3 is 2.52 bits per heavy atom. The summed E-state index contributed by atoms with van der Waals surface area (Å²) >= 11 is 1.06. The summed E-state index contributed by atoms with van der Waals surface area (Å²) in [4.78, 5) is 11.6. The number of hydrogen-bond donors (Lipinski definition) is 3. The molecule has 1 aromatic rings. The highest BCUT2D eigenvalue weighted by atomic mass is 32.7. The van der Waals surface area contributed by atoms with Crippen LogP contribution in [0.15, 0.2) is 29.4 Å². The molecule has 0 aliphatic rings. The van der Waals surface area contributed by atoms with Gasteiger partial charge in [0.15, 0.2) is 5.17 Å². The number of nitrogens with zero attached hydrogens (tertiary/aromatic N) is 1. The van der Waals surface area contributed by atoms with Gasteiger partial charge in [0.2, 0.25) is 0 Å². The number of rotatable bonds is 6. The van der Waals surface area contributed by atoms with E-state index in [9.17, 15) is 9.36 Å². The van der Waals surface area contributed by atoms with Crippen molar-refractivity contribution in [1.29, 1.82) is 0 Å². The molecule has 0 heterocycles. The summed E-state index contributed by atoms with van der Waals surface area (Å²) in [6, 6.07) is 7.10. The van der Waals surface area contributed by atoms with Crippen molar-refractivity contribution in [3.05, 3.63) is 24.3 Å². The lowest BCUT2D eigenvalue weighted by atomic mass is 10.3. The molecule has 0 unspecified atom stereocenters. The van der Waals surface area contributed by atoms with Crippen LogP contribution in [0, 0.1) is 0 Å². The number of hydrazone groups is 1. The lowest BCUT2D eigenvalue weighted by Crippen LogP contribution is -2.29. The maximum Gasteiger partial charge on any atom is 0.413 e. The van der Waals surface area contributed by atoms with Crippen LogP contribution in [0.2, 0.25) is 0 Å². The van der Waals surface area contributed by atoms with E-state index >= 15 is 0 Å². The third-order valence-electron chi connectivity index (χ3n) is 2.94. The lowest BCUT2D eigenvalue weighted by molar-refractivity contribution is 0.158. The molecule has 9 heteroatoms. The number of nitrogens with one attached hydrogen (secondary N) is 2. The van der Waals surface area contributed by atoms with Crippen LogP contribution < -0.4 is 16.5 Å². The van der Waals surface area contributed by atoms with Crippen molar-refractivity contribution in [1.82, 2.24) is 5.32 Å². The first kappa shape index (κ1) is 19.4. The Morgan fingerprint density at radius 2 is 1.96 bits per heavy atom. The number of benzene rings is 1. The first-order chi connectivity index (χ1) is 10.9. The third kappa shape index (κ3) is 6.54. The number of ether oxygens (including phenoxy) is 1. The molecule has 0 atom stereocenters. The van der Waals surface area contributed by atoms with E-state index in [4.69, 9.17) is 10.5 Å². The Hall–Kier alpha value is -1.66. The van der Waals surface area contributed by atoms with Gasteiger partial charge in [-0.25, -0.2) is 4.79 Å². The second-order valence-electron chi connectivity index (χ2n) is 4.50. The fourth-order valence-electron chi connectivity index (χ4n) is 1.55. The van der Waals surface area contributed by atoms with Crippen LogP contribution in [-0.4, -0.2) is 30.2 Å². The van der Waals surface area contributed by atoms with Crippen molar-refractivity contribution in [3.8, 4) is 0 Å². The van der Waals surface area contributed by atoms with Gasteiger partial charge >= 0.3 is 6.09 Å². The van der Waals surface area contributed by atoms with Gasteiger partial charge in [-0.3, -0.25) is 10.7 Å². The van der Waals surface area contributed by atoms with Crippen molar-refractivity contribution < 1.29 is 14.1 Å². The van der Waals surface area contributed by atoms with Gasteiger partial charge in [0, 0.05) is 12.3 Å². The molecule has 0 radical (unpaired) electrons. The molecule has 1 amide bonds. The lowest BCUT2D eigenvalue weighted by Gasteiger charge is -2.15. The van der Waals surface area contributed by atoms with Gasteiger partial charge in [0.25, 0.3) is 0 Å². The summed E-state index contributed by atoms with van der Waals surface area (Å²) in [7, 11) is 0. The second kappa shape index (κ2) is 9.47. The largest absolute Gasteiger partial charge is 0.450 e. The molecule has 7 nitrogen and oxygen atoms in total. The van der Waals surface area contributed by atoms with Crippen LogP contribution in [0.5, 0.6) is 0 Å². The Morgan fingerprint density at radius 1 is 1.30 bits per heavy atom. The van der Waals surface area contributed by atoms with Crippen LogP contribution in [0.25, 0.3) is 0 Å². The average molecular weight is 358 g/mol. The van der Waals surface area contributed by atoms with E-state index in [1.807, 2.05) is 19.9 Å². The average Bonchev–Trinajstić information content (AvgIpc) is 2.54. The zero-order valence-corrected chi connectivity index (χ0v) is 15.2. The van der Waals surface area contributed by atoms with E-state index in [0.29, 0.717) is 23.7 Å². The van der Waals surface area contributed by atoms with E-state index in [-0.39, 0.29) is 11.8 Å². The van der Waals surface area contributed by atoms with Crippen molar-refractivity contribution >= 4 is 40.4 Å². The molecule has 0 spiro atoms. The number of carbonyl (C=O) groups is 1. The van der Waals surface area contributed by atoms with Crippen LogP contribution in [0.3, 0.4) is 0 Å². The number of carbonyl (C=O) groups excluding carboxylic acids is 1. The molecule has 0 aliphatic carbocycles. The van der Waals surface area contributed by atoms with Crippen molar-refractivity contribution in [3.63, 3.8) is 0 Å². The van der Waals surface area contributed by atoms with Gasteiger partial charge < -0.3 is 15.0 Å². The van der Waals surface area contributed by atoms with E-state index in [1.54, 1.807) is 25.1 Å². The highest BCUT2D eigenvalue weighted by Gasteiger charge is 2.23. The molecule has 0 saturated carbocycles. The monoisotopic (exact) mass is 358 g/mol. The quantitative estimate of drug-likeness (QED) is 0.235. The maximum absolute atomic E-state index is 12.6. The van der Waals surface area contributed by atoms with Gasteiger partial charge in [-0.15, -0.1) is 5.10 Å². The molecule has 128 valence electrons. The summed E-state index contributed by atoms with van der Waals surface area (Å²) in [5.74, 6) is 0. The molecule has 0 fully saturated rings. The minimum absolute atomic E-state index is 0.193. The van der Waals surface area contributed by atoms with Crippen LogP contribution >= 0.6 is 17.7 Å². The van der Waals surface area contributed by atoms with Gasteiger partial charge in [-0.1, -0.05) is 26.0 Å². The van der Waals surface area contributed by atoms with Crippen LogP contribution in [0.4, 0.5) is 16.2 Å². The SMILES string of the molecule is CCOC(=O)NC(=NNc1ccccc1N)SP(=O)(CC)CC. The number of hydrogen-bond acceptors (Lipinski definition) is 7. The molecule has 1 rings (SSSR count). The summed E-state index contributed by atoms with van der Waals surface area (Å²) in [5.41, 5.74) is 9.73. The summed E-state index contributed by atoms with van der Waals surface area (Å²) in [6.07, 6.45) is -2.13. The zero-order chi connectivity index (χ0) is 17.3. The Balaban J connectivity index is 2.93. The van der Waals surface area contributed by atoms with Gasteiger partial charge in [0.1, 0.15) is 6.34 Å². The summed E-state index contributed by atoms with van der Waals surface area (Å²) in [6.45, 7) is 5.64. The fourth-order valence-corrected chi connectivity index (χ4v) is 4.76. The number of alkyl carbamates (subject to hydrolysis) is 1. The second-order valence-corrected chi connectivity index (χ2v) is 10.5.